The third-order valence-corrected chi connectivity index (χ3v) is 2.34. The van der Waals surface area contributed by atoms with Crippen LogP contribution >= 0.6 is 0 Å². The molecule has 1 N–H and O–H groups in total. The fraction of sp³-hybridized carbons (Fsp3) is 0.917. The van der Waals surface area contributed by atoms with Gasteiger partial charge in [-0.1, -0.05) is 0 Å². The molecule has 0 aromatic carbocycles. The van der Waals surface area contributed by atoms with E-state index in [1.54, 1.807) is 0 Å². The Hall–Kier alpha value is -0.770. The number of carbonyl (C=O) groups is 1. The molecule has 4 nitrogen and oxygen atoms in total. The smallest absolute Gasteiger partial charge is 0.317 e. The minimum Gasteiger partial charge on any atom is -0.369 e. The zero-order chi connectivity index (χ0) is 12.6. The normalized spacial score (nSPS) is 25.4. The standard InChI is InChI=1S/C12H24N2O2/c1-9-7-14(8-12(5,6)16-9)10(15)13-11(2,3)4/h9H,7-8H2,1-6H3,(H,13,15). The molecule has 1 atom stereocenters. The second-order valence-electron chi connectivity index (χ2n) is 6.25. The summed E-state index contributed by atoms with van der Waals surface area (Å²) in [7, 11) is 0. The second kappa shape index (κ2) is 4.24. The van der Waals surface area contributed by atoms with E-state index in [0.29, 0.717) is 13.1 Å². The summed E-state index contributed by atoms with van der Waals surface area (Å²) in [4.78, 5) is 13.8. The number of hydrogen-bond donors (Lipinski definition) is 1. The van der Waals surface area contributed by atoms with E-state index in [9.17, 15) is 4.79 Å². The van der Waals surface area contributed by atoms with Crippen LogP contribution in [0.3, 0.4) is 0 Å². The molecular formula is C12H24N2O2. The van der Waals surface area contributed by atoms with E-state index in [1.807, 2.05) is 46.4 Å². The van der Waals surface area contributed by atoms with E-state index < -0.39 is 0 Å². The first kappa shape index (κ1) is 13.3. The molecule has 1 aliphatic heterocycles. The summed E-state index contributed by atoms with van der Waals surface area (Å²) >= 11 is 0. The van der Waals surface area contributed by atoms with Crippen LogP contribution in [0.25, 0.3) is 0 Å². The summed E-state index contributed by atoms with van der Waals surface area (Å²) in [6.07, 6.45) is 0.0921. The lowest BCUT2D eigenvalue weighted by Gasteiger charge is -2.42. The molecule has 0 radical (unpaired) electrons. The molecule has 4 heteroatoms. The van der Waals surface area contributed by atoms with Crippen molar-refractivity contribution in [3.8, 4) is 0 Å². The van der Waals surface area contributed by atoms with Crippen LogP contribution in [0.2, 0.25) is 0 Å². The number of morpholine rings is 1. The van der Waals surface area contributed by atoms with Crippen molar-refractivity contribution in [3.05, 3.63) is 0 Å². The minimum atomic E-state index is -0.257. The van der Waals surface area contributed by atoms with E-state index >= 15 is 0 Å². The Morgan fingerprint density at radius 3 is 2.44 bits per heavy atom. The van der Waals surface area contributed by atoms with Crippen molar-refractivity contribution in [2.45, 2.75) is 58.8 Å². The SMILES string of the molecule is CC1CN(C(=O)NC(C)(C)C)CC(C)(C)O1. The molecule has 0 saturated carbocycles. The fourth-order valence-electron chi connectivity index (χ4n) is 2.01. The van der Waals surface area contributed by atoms with Crippen LogP contribution in [0.15, 0.2) is 0 Å². The molecule has 0 spiro atoms. The Balaban J connectivity index is 2.63. The molecule has 1 unspecified atom stereocenters. The summed E-state index contributed by atoms with van der Waals surface area (Å²) in [5.41, 5.74) is -0.449. The Morgan fingerprint density at radius 2 is 2.00 bits per heavy atom. The topological polar surface area (TPSA) is 41.6 Å². The number of ether oxygens (including phenoxy) is 1. The van der Waals surface area contributed by atoms with Crippen LogP contribution in [0.5, 0.6) is 0 Å². The lowest BCUT2D eigenvalue weighted by molar-refractivity contribution is -0.117. The number of nitrogens with one attached hydrogen (secondary N) is 1. The van der Waals surface area contributed by atoms with Gasteiger partial charge in [0.15, 0.2) is 0 Å². The van der Waals surface area contributed by atoms with Crippen molar-refractivity contribution in [1.29, 1.82) is 0 Å². The van der Waals surface area contributed by atoms with Crippen molar-refractivity contribution in [1.82, 2.24) is 10.2 Å². The highest BCUT2D eigenvalue weighted by Gasteiger charge is 2.34. The van der Waals surface area contributed by atoms with Gasteiger partial charge in [0.25, 0.3) is 0 Å². The van der Waals surface area contributed by atoms with Gasteiger partial charge >= 0.3 is 6.03 Å². The lowest BCUT2D eigenvalue weighted by Crippen LogP contribution is -2.58. The Labute approximate surface area is 98.3 Å². The average molecular weight is 228 g/mol. The highest BCUT2D eigenvalue weighted by Crippen LogP contribution is 2.21. The Morgan fingerprint density at radius 1 is 1.44 bits per heavy atom. The van der Waals surface area contributed by atoms with Crippen molar-refractivity contribution in [3.63, 3.8) is 0 Å². The Bertz CT molecular complexity index is 269. The molecule has 2 amide bonds. The second-order valence-corrected chi connectivity index (χ2v) is 6.25. The van der Waals surface area contributed by atoms with Crippen LogP contribution in [-0.2, 0) is 4.74 Å². The molecule has 1 saturated heterocycles. The zero-order valence-corrected chi connectivity index (χ0v) is 11.3. The molecular weight excluding hydrogens is 204 g/mol. The van der Waals surface area contributed by atoms with Gasteiger partial charge in [0.1, 0.15) is 0 Å². The van der Waals surface area contributed by atoms with Gasteiger partial charge in [0.05, 0.1) is 18.2 Å². The summed E-state index contributed by atoms with van der Waals surface area (Å²) in [6, 6.07) is -0.00396. The first-order valence-electron chi connectivity index (χ1n) is 5.84. The van der Waals surface area contributed by atoms with E-state index in [2.05, 4.69) is 5.32 Å². The van der Waals surface area contributed by atoms with Crippen LogP contribution in [0, 0.1) is 0 Å². The summed E-state index contributed by atoms with van der Waals surface area (Å²) < 4.78 is 5.76. The predicted molar refractivity (Wildman–Crippen MR) is 64.5 cm³/mol. The molecule has 16 heavy (non-hydrogen) atoms. The average Bonchev–Trinajstić information content (AvgIpc) is 1.96. The highest BCUT2D eigenvalue weighted by molar-refractivity contribution is 5.75. The van der Waals surface area contributed by atoms with E-state index in [1.165, 1.54) is 0 Å². The van der Waals surface area contributed by atoms with E-state index in [-0.39, 0.29) is 23.3 Å². The minimum absolute atomic E-state index is 0.00396. The van der Waals surface area contributed by atoms with E-state index in [0.717, 1.165) is 0 Å². The molecule has 0 aromatic rings. The molecule has 1 fully saturated rings. The molecule has 94 valence electrons. The largest absolute Gasteiger partial charge is 0.369 e. The summed E-state index contributed by atoms with van der Waals surface area (Å²) in [6.45, 7) is 13.3. The van der Waals surface area contributed by atoms with Gasteiger partial charge in [-0.05, 0) is 41.5 Å². The fourth-order valence-corrected chi connectivity index (χ4v) is 2.01. The van der Waals surface area contributed by atoms with Gasteiger partial charge in [-0.2, -0.15) is 0 Å². The van der Waals surface area contributed by atoms with Crippen molar-refractivity contribution in [2.24, 2.45) is 0 Å². The van der Waals surface area contributed by atoms with Gasteiger partial charge in [-0.25, -0.2) is 4.79 Å². The van der Waals surface area contributed by atoms with Gasteiger partial charge in [-0.3, -0.25) is 0 Å². The molecule has 0 aliphatic carbocycles. The zero-order valence-electron chi connectivity index (χ0n) is 11.3. The van der Waals surface area contributed by atoms with Crippen molar-refractivity contribution in [2.75, 3.05) is 13.1 Å². The van der Waals surface area contributed by atoms with Crippen LogP contribution in [-0.4, -0.2) is 41.3 Å². The molecule has 1 rings (SSSR count). The van der Waals surface area contributed by atoms with Crippen molar-refractivity contribution >= 4 is 6.03 Å². The first-order chi connectivity index (χ1) is 7.09. The van der Waals surface area contributed by atoms with Crippen LogP contribution in [0.1, 0.15) is 41.5 Å². The molecule has 1 aliphatic rings. The number of nitrogens with zero attached hydrogens (tertiary/aromatic N) is 1. The van der Waals surface area contributed by atoms with Gasteiger partial charge in [-0.15, -0.1) is 0 Å². The number of rotatable bonds is 0. The maximum Gasteiger partial charge on any atom is 0.317 e. The first-order valence-corrected chi connectivity index (χ1v) is 5.84. The summed E-state index contributed by atoms with van der Waals surface area (Å²) in [5, 5.41) is 2.98. The maximum atomic E-state index is 12.0. The molecule has 0 aromatic heterocycles. The third kappa shape index (κ3) is 4.00. The van der Waals surface area contributed by atoms with Crippen molar-refractivity contribution < 1.29 is 9.53 Å². The highest BCUT2D eigenvalue weighted by atomic mass is 16.5. The number of amides is 2. The summed E-state index contributed by atoms with van der Waals surface area (Å²) in [5.74, 6) is 0. The van der Waals surface area contributed by atoms with Gasteiger partial charge in [0.2, 0.25) is 0 Å². The quantitative estimate of drug-likeness (QED) is 0.689. The number of hydrogen-bond acceptors (Lipinski definition) is 2. The molecule has 0 bridgehead atoms. The van der Waals surface area contributed by atoms with Crippen LogP contribution < -0.4 is 5.32 Å². The maximum absolute atomic E-state index is 12.0. The Kier molecular flexibility index (Phi) is 3.53. The number of urea groups is 1. The van der Waals surface area contributed by atoms with E-state index in [4.69, 9.17) is 4.74 Å². The third-order valence-electron chi connectivity index (χ3n) is 2.34. The van der Waals surface area contributed by atoms with Crippen LogP contribution in [0.4, 0.5) is 4.79 Å². The monoisotopic (exact) mass is 228 g/mol. The molecule has 1 heterocycles. The van der Waals surface area contributed by atoms with Gasteiger partial charge in [0, 0.05) is 12.1 Å². The van der Waals surface area contributed by atoms with Gasteiger partial charge < -0.3 is 15.0 Å². The lowest BCUT2D eigenvalue weighted by atomic mass is 10.1. The predicted octanol–water partition coefficient (Wildman–Crippen LogP) is 1.99. The number of carbonyl (C=O) groups excluding carboxylic acids is 1.